The van der Waals surface area contributed by atoms with Gasteiger partial charge in [0.25, 0.3) is 5.91 Å². The summed E-state index contributed by atoms with van der Waals surface area (Å²) in [4.78, 5) is 20.9. The largest absolute Gasteiger partial charge is 0.496 e. The summed E-state index contributed by atoms with van der Waals surface area (Å²) in [6.07, 6.45) is 3.21. The predicted octanol–water partition coefficient (Wildman–Crippen LogP) is 3.41. The highest BCUT2D eigenvalue weighted by atomic mass is 32.1. The van der Waals surface area contributed by atoms with Crippen molar-refractivity contribution in [2.45, 2.75) is 0 Å². The van der Waals surface area contributed by atoms with Crippen molar-refractivity contribution in [2.24, 2.45) is 0 Å². The van der Waals surface area contributed by atoms with Crippen molar-refractivity contribution in [3.8, 4) is 16.3 Å². The lowest BCUT2D eigenvalue weighted by atomic mass is 10.2. The van der Waals surface area contributed by atoms with Gasteiger partial charge < -0.3 is 4.74 Å². The van der Waals surface area contributed by atoms with Gasteiger partial charge in [-0.25, -0.2) is 0 Å². The second kappa shape index (κ2) is 6.85. The van der Waals surface area contributed by atoms with Gasteiger partial charge in [-0.05, 0) is 30.3 Å². The fraction of sp³-hybridized carbons (Fsp3) is 0.0556. The Kier molecular flexibility index (Phi) is 4.24. The molecule has 8 heteroatoms. The van der Waals surface area contributed by atoms with Gasteiger partial charge in [-0.2, -0.15) is 0 Å². The van der Waals surface area contributed by atoms with Crippen LogP contribution in [0.5, 0.6) is 5.75 Å². The van der Waals surface area contributed by atoms with Crippen molar-refractivity contribution in [2.75, 3.05) is 12.4 Å². The summed E-state index contributed by atoms with van der Waals surface area (Å²) in [5, 5.41) is 12.0. The second-order valence-corrected chi connectivity index (χ2v) is 6.30. The number of anilines is 1. The van der Waals surface area contributed by atoms with Crippen molar-refractivity contribution in [3.05, 3.63) is 60.4 Å². The molecule has 4 rings (SSSR count). The molecule has 0 bridgehead atoms. The number of carbonyl (C=O) groups is 1. The Hall–Kier alpha value is -3.39. The molecule has 0 atom stereocenters. The monoisotopic (exact) mass is 363 g/mol. The topological polar surface area (TPSA) is 89.9 Å². The standard InChI is InChI=1S/C18H13N5O2S/c1-25-15-5-3-2-4-12(15)17-22-23-18(26-17)21-16(24)11-6-7-13-14(10-11)20-9-8-19-13/h2-10H,1H3,(H,21,23,24). The van der Waals surface area contributed by atoms with E-state index in [1.54, 1.807) is 37.7 Å². The minimum Gasteiger partial charge on any atom is -0.496 e. The highest BCUT2D eigenvalue weighted by molar-refractivity contribution is 7.18. The molecule has 0 aliphatic heterocycles. The number of hydrogen-bond acceptors (Lipinski definition) is 7. The van der Waals surface area contributed by atoms with Gasteiger partial charge in [0.1, 0.15) is 5.75 Å². The van der Waals surface area contributed by atoms with E-state index in [-0.39, 0.29) is 5.91 Å². The van der Waals surface area contributed by atoms with E-state index >= 15 is 0 Å². The molecule has 2 aromatic carbocycles. The van der Waals surface area contributed by atoms with Crippen LogP contribution < -0.4 is 10.1 Å². The zero-order chi connectivity index (χ0) is 17.9. The molecule has 0 unspecified atom stereocenters. The van der Waals surface area contributed by atoms with E-state index in [1.165, 1.54) is 11.3 Å². The van der Waals surface area contributed by atoms with Gasteiger partial charge in [0, 0.05) is 18.0 Å². The average molecular weight is 363 g/mol. The van der Waals surface area contributed by atoms with Crippen LogP contribution in [0, 0.1) is 0 Å². The van der Waals surface area contributed by atoms with Gasteiger partial charge in [0.15, 0.2) is 5.01 Å². The molecular formula is C18H13N5O2S. The lowest BCUT2D eigenvalue weighted by Crippen LogP contribution is -2.11. The first-order chi connectivity index (χ1) is 12.7. The normalized spacial score (nSPS) is 10.7. The van der Waals surface area contributed by atoms with Crippen LogP contribution in [0.1, 0.15) is 10.4 Å². The summed E-state index contributed by atoms with van der Waals surface area (Å²) < 4.78 is 5.34. The lowest BCUT2D eigenvalue weighted by molar-refractivity contribution is 0.102. The maximum absolute atomic E-state index is 12.5. The number of methoxy groups -OCH3 is 1. The number of ether oxygens (including phenoxy) is 1. The molecule has 0 spiro atoms. The maximum Gasteiger partial charge on any atom is 0.257 e. The highest BCUT2D eigenvalue weighted by Gasteiger charge is 2.14. The molecule has 26 heavy (non-hydrogen) atoms. The predicted molar refractivity (Wildman–Crippen MR) is 99.4 cm³/mol. The van der Waals surface area contributed by atoms with E-state index in [2.05, 4.69) is 25.5 Å². The van der Waals surface area contributed by atoms with E-state index in [9.17, 15) is 4.79 Å². The molecule has 2 aromatic heterocycles. The summed E-state index contributed by atoms with van der Waals surface area (Å²) in [6, 6.07) is 12.7. The Morgan fingerprint density at radius 1 is 1.04 bits per heavy atom. The number of nitrogens with one attached hydrogen (secondary N) is 1. The number of hydrogen-bond donors (Lipinski definition) is 1. The number of benzene rings is 2. The summed E-state index contributed by atoms with van der Waals surface area (Å²) in [5.74, 6) is 0.426. The SMILES string of the molecule is COc1ccccc1-c1nnc(NC(=O)c2ccc3nccnc3c2)s1. The molecule has 0 saturated carbocycles. The smallest absolute Gasteiger partial charge is 0.257 e. The van der Waals surface area contributed by atoms with Crippen molar-refractivity contribution < 1.29 is 9.53 Å². The van der Waals surface area contributed by atoms with E-state index in [4.69, 9.17) is 4.74 Å². The molecule has 0 saturated heterocycles. The summed E-state index contributed by atoms with van der Waals surface area (Å²) in [7, 11) is 1.60. The molecule has 0 fully saturated rings. The number of fused-ring (bicyclic) bond motifs is 1. The third-order valence-electron chi connectivity index (χ3n) is 3.71. The van der Waals surface area contributed by atoms with Crippen molar-refractivity contribution >= 4 is 33.4 Å². The third kappa shape index (κ3) is 3.09. The molecule has 4 aromatic rings. The molecule has 1 amide bonds. The van der Waals surface area contributed by atoms with E-state index in [0.717, 1.165) is 11.1 Å². The number of nitrogens with zero attached hydrogens (tertiary/aromatic N) is 4. The number of carbonyl (C=O) groups excluding carboxylic acids is 1. The Balaban J connectivity index is 1.57. The quantitative estimate of drug-likeness (QED) is 0.598. The van der Waals surface area contributed by atoms with E-state index < -0.39 is 0 Å². The first kappa shape index (κ1) is 16.1. The van der Waals surface area contributed by atoms with Crippen LogP contribution in [0.2, 0.25) is 0 Å². The molecule has 128 valence electrons. The van der Waals surface area contributed by atoms with E-state index in [1.807, 2.05) is 24.3 Å². The molecule has 7 nitrogen and oxygen atoms in total. The Bertz CT molecular complexity index is 1100. The van der Waals surface area contributed by atoms with Crippen LogP contribution in [0.4, 0.5) is 5.13 Å². The van der Waals surface area contributed by atoms with Gasteiger partial charge in [-0.15, -0.1) is 10.2 Å². The van der Waals surface area contributed by atoms with Gasteiger partial charge in [0.2, 0.25) is 5.13 Å². The van der Waals surface area contributed by atoms with Crippen molar-refractivity contribution in [3.63, 3.8) is 0 Å². The molecular weight excluding hydrogens is 350 g/mol. The minimum absolute atomic E-state index is 0.278. The highest BCUT2D eigenvalue weighted by Crippen LogP contribution is 2.33. The Morgan fingerprint density at radius 2 is 1.85 bits per heavy atom. The lowest BCUT2D eigenvalue weighted by Gasteiger charge is -2.04. The number of rotatable bonds is 4. The minimum atomic E-state index is -0.278. The second-order valence-electron chi connectivity index (χ2n) is 5.33. The van der Waals surface area contributed by atoms with Crippen LogP contribution in [-0.2, 0) is 0 Å². The maximum atomic E-state index is 12.5. The van der Waals surface area contributed by atoms with Gasteiger partial charge in [-0.1, -0.05) is 23.5 Å². The summed E-state index contributed by atoms with van der Waals surface area (Å²) in [5.41, 5.74) is 2.70. The third-order valence-corrected chi connectivity index (χ3v) is 4.59. The Morgan fingerprint density at radius 3 is 2.69 bits per heavy atom. The van der Waals surface area contributed by atoms with Crippen LogP contribution in [-0.4, -0.2) is 33.2 Å². The zero-order valence-corrected chi connectivity index (χ0v) is 14.5. The Labute approximate surface area is 152 Å². The molecule has 0 aliphatic carbocycles. The molecule has 2 heterocycles. The zero-order valence-electron chi connectivity index (χ0n) is 13.7. The number of amides is 1. The summed E-state index contributed by atoms with van der Waals surface area (Å²) in [6.45, 7) is 0. The summed E-state index contributed by atoms with van der Waals surface area (Å²) >= 11 is 1.28. The van der Waals surface area contributed by atoms with Crippen LogP contribution >= 0.6 is 11.3 Å². The van der Waals surface area contributed by atoms with Crippen LogP contribution in [0.25, 0.3) is 21.6 Å². The number of aromatic nitrogens is 4. The van der Waals surface area contributed by atoms with Gasteiger partial charge in [0.05, 0.1) is 23.7 Å². The molecule has 0 radical (unpaired) electrons. The number of para-hydroxylation sites is 1. The van der Waals surface area contributed by atoms with E-state index in [0.29, 0.717) is 27.0 Å². The van der Waals surface area contributed by atoms with Crippen molar-refractivity contribution in [1.29, 1.82) is 0 Å². The first-order valence-electron chi connectivity index (χ1n) is 7.73. The van der Waals surface area contributed by atoms with Crippen LogP contribution in [0.15, 0.2) is 54.9 Å². The first-order valence-corrected chi connectivity index (χ1v) is 8.55. The fourth-order valence-electron chi connectivity index (χ4n) is 2.48. The van der Waals surface area contributed by atoms with Gasteiger partial charge >= 0.3 is 0 Å². The fourth-order valence-corrected chi connectivity index (χ4v) is 3.25. The van der Waals surface area contributed by atoms with Gasteiger partial charge in [-0.3, -0.25) is 20.1 Å². The van der Waals surface area contributed by atoms with Crippen molar-refractivity contribution in [1.82, 2.24) is 20.2 Å². The average Bonchev–Trinajstić information content (AvgIpc) is 3.15. The van der Waals surface area contributed by atoms with Crippen LogP contribution in [0.3, 0.4) is 0 Å². The molecule has 0 aliphatic rings. The molecule has 1 N–H and O–H groups in total.